The molecule has 0 aliphatic rings. The van der Waals surface area contributed by atoms with Crippen molar-refractivity contribution in [2.75, 3.05) is 10.6 Å². The minimum atomic E-state index is -1.17. The summed E-state index contributed by atoms with van der Waals surface area (Å²) in [5.41, 5.74) is 7.37. The molecule has 0 aliphatic carbocycles. The fourth-order valence-electron chi connectivity index (χ4n) is 2.75. The molecule has 0 fully saturated rings. The summed E-state index contributed by atoms with van der Waals surface area (Å²) >= 11 is 0. The Morgan fingerprint density at radius 1 is 1.12 bits per heavy atom. The van der Waals surface area contributed by atoms with E-state index in [0.29, 0.717) is 28.6 Å². The predicted molar refractivity (Wildman–Crippen MR) is 118 cm³/mol. The Kier molecular flexibility index (Phi) is 5.23. The van der Waals surface area contributed by atoms with Crippen LogP contribution in [0, 0.1) is 6.92 Å². The van der Waals surface area contributed by atoms with Gasteiger partial charge in [-0.1, -0.05) is 0 Å². The number of oxazole rings is 1. The highest BCUT2D eigenvalue weighted by atomic mass is 16.5. The molecule has 11 nitrogen and oxygen atoms in total. The third-order valence-electron chi connectivity index (χ3n) is 4.60. The lowest BCUT2D eigenvalue weighted by Gasteiger charge is -2.21. The first-order chi connectivity index (χ1) is 15.2. The van der Waals surface area contributed by atoms with Crippen molar-refractivity contribution in [2.24, 2.45) is 5.73 Å². The van der Waals surface area contributed by atoms with E-state index >= 15 is 0 Å². The number of H-pyrrole nitrogens is 1. The van der Waals surface area contributed by atoms with Gasteiger partial charge in [-0.25, -0.2) is 14.8 Å². The zero-order valence-corrected chi connectivity index (χ0v) is 17.6. The summed E-state index contributed by atoms with van der Waals surface area (Å²) in [6.45, 7) is 5.01. The summed E-state index contributed by atoms with van der Waals surface area (Å²) in [6, 6.07) is 8.56. The summed E-state index contributed by atoms with van der Waals surface area (Å²) in [5, 5.41) is 6.28. The molecule has 32 heavy (non-hydrogen) atoms. The number of anilines is 4. The van der Waals surface area contributed by atoms with Gasteiger partial charge in [0.15, 0.2) is 11.2 Å². The Balaban J connectivity index is 1.49. The average Bonchev–Trinajstić information content (AvgIpc) is 3.11. The number of ether oxygens (including phenoxy) is 1. The molecule has 0 atom stereocenters. The van der Waals surface area contributed by atoms with E-state index < -0.39 is 17.3 Å². The van der Waals surface area contributed by atoms with Crippen molar-refractivity contribution >= 4 is 40.1 Å². The first kappa shape index (κ1) is 20.8. The van der Waals surface area contributed by atoms with Gasteiger partial charge in [-0.15, -0.1) is 0 Å². The highest BCUT2D eigenvalue weighted by molar-refractivity contribution is 5.82. The van der Waals surface area contributed by atoms with Gasteiger partial charge < -0.3 is 25.5 Å². The van der Waals surface area contributed by atoms with E-state index in [0.717, 1.165) is 11.3 Å². The minimum absolute atomic E-state index is 0.263. The van der Waals surface area contributed by atoms with E-state index in [4.69, 9.17) is 14.9 Å². The quantitative estimate of drug-likeness (QED) is 0.342. The van der Waals surface area contributed by atoms with Crippen LogP contribution in [0.25, 0.3) is 11.1 Å². The molecule has 164 valence electrons. The maximum atomic E-state index is 11.4. The zero-order chi connectivity index (χ0) is 22.9. The largest absolute Gasteiger partial charge is 0.462 e. The Bertz CT molecular complexity index is 1340. The lowest BCUT2D eigenvalue weighted by Crippen LogP contribution is -2.43. The van der Waals surface area contributed by atoms with Gasteiger partial charge in [-0.05, 0) is 45.0 Å². The van der Waals surface area contributed by atoms with Crippen molar-refractivity contribution in [1.29, 1.82) is 0 Å². The van der Waals surface area contributed by atoms with Crippen molar-refractivity contribution < 1.29 is 13.9 Å². The van der Waals surface area contributed by atoms with Crippen molar-refractivity contribution in [3.8, 4) is 5.88 Å². The number of nitrogens with one attached hydrogen (secondary N) is 3. The number of nitrogens with two attached hydrogens (primary N) is 1. The topological polar surface area (TPSA) is 161 Å². The van der Waals surface area contributed by atoms with Gasteiger partial charge in [-0.3, -0.25) is 9.78 Å². The number of hydrogen-bond donors (Lipinski definition) is 4. The molecule has 1 amide bonds. The molecule has 0 saturated carbocycles. The third kappa shape index (κ3) is 4.51. The van der Waals surface area contributed by atoms with Crippen LogP contribution < -0.4 is 26.9 Å². The van der Waals surface area contributed by atoms with Crippen LogP contribution in [0.2, 0.25) is 0 Å². The van der Waals surface area contributed by atoms with Crippen LogP contribution in [-0.2, 0) is 4.79 Å². The monoisotopic (exact) mass is 435 g/mol. The predicted octanol–water partition coefficient (Wildman–Crippen LogP) is 2.74. The maximum absolute atomic E-state index is 11.4. The lowest BCUT2D eigenvalue weighted by atomic mass is 10.1. The minimum Gasteiger partial charge on any atom is -0.462 e. The molecule has 3 aromatic heterocycles. The highest BCUT2D eigenvalue weighted by Crippen LogP contribution is 2.24. The van der Waals surface area contributed by atoms with Crippen molar-refractivity contribution in [3.05, 3.63) is 58.8 Å². The number of carbonyl (C=O) groups excluding carboxylic acids is 1. The number of fused-ring (bicyclic) bond motifs is 1. The third-order valence-corrected chi connectivity index (χ3v) is 4.60. The molecular formula is C21H21N7O4. The molecule has 0 bridgehead atoms. The number of aromatic nitrogens is 4. The van der Waals surface area contributed by atoms with Crippen LogP contribution in [0.1, 0.15) is 19.4 Å². The van der Waals surface area contributed by atoms with Gasteiger partial charge in [0, 0.05) is 23.5 Å². The van der Waals surface area contributed by atoms with Gasteiger partial charge in [0.05, 0.1) is 17.4 Å². The summed E-state index contributed by atoms with van der Waals surface area (Å²) in [4.78, 5) is 38.3. The highest BCUT2D eigenvalue weighted by Gasteiger charge is 2.27. The first-order valence-corrected chi connectivity index (χ1v) is 9.65. The number of pyridine rings is 1. The normalized spacial score (nSPS) is 11.3. The molecule has 0 radical (unpaired) electrons. The molecule has 1 aromatic carbocycles. The summed E-state index contributed by atoms with van der Waals surface area (Å²) < 4.78 is 10.5. The molecule has 0 saturated heterocycles. The summed E-state index contributed by atoms with van der Waals surface area (Å²) in [6.07, 6.45) is 3.21. The SMILES string of the molecule is Cc1cnc(Nc2ccc(OC(C)(C)C(N)=O)nc2)nc1Nc1ccc2oc(=O)[nH]c2c1. The van der Waals surface area contributed by atoms with Crippen molar-refractivity contribution in [1.82, 2.24) is 19.9 Å². The fraction of sp³-hybridized carbons (Fsp3) is 0.190. The fourth-order valence-corrected chi connectivity index (χ4v) is 2.75. The van der Waals surface area contributed by atoms with Crippen LogP contribution in [0.5, 0.6) is 5.88 Å². The van der Waals surface area contributed by atoms with Crippen molar-refractivity contribution in [2.45, 2.75) is 26.4 Å². The number of rotatable bonds is 7. The maximum Gasteiger partial charge on any atom is 0.417 e. The first-order valence-electron chi connectivity index (χ1n) is 9.65. The second-order valence-electron chi connectivity index (χ2n) is 7.56. The van der Waals surface area contributed by atoms with E-state index in [-0.39, 0.29) is 5.88 Å². The molecule has 0 aliphatic heterocycles. The molecule has 0 unspecified atom stereocenters. The molecular weight excluding hydrogens is 414 g/mol. The number of aryl methyl sites for hydroxylation is 1. The van der Waals surface area contributed by atoms with Gasteiger partial charge in [-0.2, -0.15) is 4.98 Å². The molecule has 0 spiro atoms. The number of primary amides is 1. The number of nitrogens with zero attached hydrogens (tertiary/aromatic N) is 3. The number of benzene rings is 1. The second kappa shape index (κ2) is 8.02. The Hall–Kier alpha value is -4.41. The zero-order valence-electron chi connectivity index (χ0n) is 17.6. The number of aromatic amines is 1. The van der Waals surface area contributed by atoms with E-state index in [2.05, 4.69) is 30.6 Å². The van der Waals surface area contributed by atoms with Gasteiger partial charge in [0.25, 0.3) is 5.91 Å². The second-order valence-corrected chi connectivity index (χ2v) is 7.56. The average molecular weight is 435 g/mol. The Morgan fingerprint density at radius 2 is 1.91 bits per heavy atom. The standard InChI is InChI=1S/C21H21N7O4/c1-11-9-24-19(26-13-5-7-16(23-10-13)32-21(2,3)18(22)29)28-17(11)25-12-4-6-15-14(8-12)27-20(30)31-15/h4-10H,1-3H3,(H2,22,29)(H,27,30)(H2,24,25,26,28). The van der Waals surface area contributed by atoms with Crippen LogP contribution in [0.15, 0.2) is 51.9 Å². The number of carbonyl (C=O) groups is 1. The van der Waals surface area contributed by atoms with Crippen LogP contribution >= 0.6 is 0 Å². The summed E-state index contributed by atoms with van der Waals surface area (Å²) in [7, 11) is 0. The van der Waals surface area contributed by atoms with Crippen molar-refractivity contribution in [3.63, 3.8) is 0 Å². The lowest BCUT2D eigenvalue weighted by molar-refractivity contribution is -0.130. The molecule has 4 aromatic rings. The number of hydrogen-bond acceptors (Lipinski definition) is 9. The van der Waals surface area contributed by atoms with Gasteiger partial charge in [0.2, 0.25) is 11.8 Å². The van der Waals surface area contributed by atoms with Gasteiger partial charge in [0.1, 0.15) is 5.82 Å². The number of amides is 1. The molecule has 3 heterocycles. The Morgan fingerprint density at radius 3 is 2.62 bits per heavy atom. The smallest absolute Gasteiger partial charge is 0.417 e. The van der Waals surface area contributed by atoms with Crippen LogP contribution in [0.3, 0.4) is 0 Å². The molecule has 5 N–H and O–H groups in total. The van der Waals surface area contributed by atoms with Crippen LogP contribution in [0.4, 0.5) is 23.1 Å². The molecule has 11 heteroatoms. The van der Waals surface area contributed by atoms with Gasteiger partial charge >= 0.3 is 5.76 Å². The van der Waals surface area contributed by atoms with E-state index in [1.54, 1.807) is 50.4 Å². The summed E-state index contributed by atoms with van der Waals surface area (Å²) in [5.74, 6) is 0.102. The van der Waals surface area contributed by atoms with E-state index in [9.17, 15) is 9.59 Å². The van der Waals surface area contributed by atoms with E-state index in [1.165, 1.54) is 6.20 Å². The molecule has 4 rings (SSSR count). The van der Waals surface area contributed by atoms with Crippen LogP contribution in [-0.4, -0.2) is 31.4 Å². The Labute approximate surface area is 182 Å². The van der Waals surface area contributed by atoms with E-state index in [1.807, 2.05) is 6.92 Å².